The van der Waals surface area contributed by atoms with Gasteiger partial charge in [0, 0.05) is 19.3 Å². The fraction of sp³-hybridized carbons (Fsp3) is 1.00. The summed E-state index contributed by atoms with van der Waals surface area (Å²) in [6.07, 6.45) is 11.0. The van der Waals surface area contributed by atoms with Gasteiger partial charge in [-0.2, -0.15) is 5.48 Å². The van der Waals surface area contributed by atoms with E-state index in [0.717, 1.165) is 19.8 Å². The van der Waals surface area contributed by atoms with Crippen molar-refractivity contribution in [3.05, 3.63) is 0 Å². The number of hydroxylamine groups is 1. The summed E-state index contributed by atoms with van der Waals surface area (Å²) < 4.78 is 5.57. The molecule has 5 fully saturated rings. The van der Waals surface area contributed by atoms with Gasteiger partial charge in [-0.05, 0) is 83.5 Å². The number of nitrogens with one attached hydrogen (secondary N) is 3. The van der Waals surface area contributed by atoms with Crippen molar-refractivity contribution in [1.29, 1.82) is 0 Å². The molecule has 27 heavy (non-hydrogen) atoms. The van der Waals surface area contributed by atoms with Gasteiger partial charge in [0.2, 0.25) is 0 Å². The first-order chi connectivity index (χ1) is 13.4. The van der Waals surface area contributed by atoms with Crippen LogP contribution in [0.15, 0.2) is 0 Å². The van der Waals surface area contributed by atoms with Crippen molar-refractivity contribution in [2.75, 3.05) is 39.4 Å². The molecule has 0 aliphatic carbocycles. The first kappa shape index (κ1) is 18.7. The van der Waals surface area contributed by atoms with Crippen LogP contribution in [0.5, 0.6) is 0 Å². The lowest BCUT2D eigenvalue weighted by molar-refractivity contribution is -0.0464. The molecule has 0 saturated carbocycles. The van der Waals surface area contributed by atoms with E-state index < -0.39 is 0 Å². The summed E-state index contributed by atoms with van der Waals surface area (Å²) in [7, 11) is 0. The molecule has 5 rings (SSSR count). The van der Waals surface area contributed by atoms with E-state index in [1.54, 1.807) is 0 Å². The van der Waals surface area contributed by atoms with E-state index >= 15 is 0 Å². The monoisotopic (exact) mass is 379 g/mol. The Morgan fingerprint density at radius 2 is 1.74 bits per heavy atom. The van der Waals surface area contributed by atoms with Crippen molar-refractivity contribution in [3.63, 3.8) is 0 Å². The number of ether oxygens (including phenoxy) is 1. The van der Waals surface area contributed by atoms with E-state index in [1.807, 2.05) is 0 Å². The Morgan fingerprint density at radius 1 is 0.889 bits per heavy atom. The van der Waals surface area contributed by atoms with Gasteiger partial charge in [0.25, 0.3) is 0 Å². The summed E-state index contributed by atoms with van der Waals surface area (Å²) in [6.45, 7) is 6.69. The van der Waals surface area contributed by atoms with Gasteiger partial charge in [0.1, 0.15) is 6.23 Å². The van der Waals surface area contributed by atoms with Crippen LogP contribution in [0, 0.1) is 5.92 Å². The van der Waals surface area contributed by atoms with Crippen LogP contribution < -0.4 is 16.1 Å². The SMILES string of the molecule is C1CCN(C2CC(C3NOC(C4CCCN4C4CCOCC4)N3)CCN2)C1. The number of rotatable bonds is 4. The molecular formula is C20H37N5O2. The third-order valence-electron chi connectivity index (χ3n) is 7.49. The van der Waals surface area contributed by atoms with Crippen LogP contribution in [-0.2, 0) is 9.57 Å². The highest BCUT2D eigenvalue weighted by atomic mass is 16.7. The van der Waals surface area contributed by atoms with Crippen molar-refractivity contribution >= 4 is 0 Å². The molecular weight excluding hydrogens is 342 g/mol. The minimum Gasteiger partial charge on any atom is -0.381 e. The van der Waals surface area contributed by atoms with Gasteiger partial charge in [-0.15, -0.1) is 0 Å². The zero-order valence-corrected chi connectivity index (χ0v) is 16.6. The van der Waals surface area contributed by atoms with E-state index in [1.165, 1.54) is 71.0 Å². The smallest absolute Gasteiger partial charge is 0.146 e. The Labute approximate surface area is 163 Å². The summed E-state index contributed by atoms with van der Waals surface area (Å²) in [5.41, 5.74) is 3.38. The lowest BCUT2D eigenvalue weighted by atomic mass is 9.92. The van der Waals surface area contributed by atoms with Crippen molar-refractivity contribution in [1.82, 2.24) is 25.9 Å². The second kappa shape index (κ2) is 8.61. The summed E-state index contributed by atoms with van der Waals surface area (Å²) in [5, 5.41) is 7.57. The molecule has 5 aliphatic rings. The average molecular weight is 380 g/mol. The standard InChI is InChI=1S/C20H37N5O2/c1-2-10-24(9-1)18-14-15(5-8-21-18)19-22-20(27-23-19)17-4-3-11-25(17)16-6-12-26-13-7-16/h15-23H,1-14H2. The predicted molar refractivity (Wildman–Crippen MR) is 104 cm³/mol. The highest BCUT2D eigenvalue weighted by Gasteiger charge is 2.43. The quantitative estimate of drug-likeness (QED) is 0.669. The van der Waals surface area contributed by atoms with Crippen LogP contribution >= 0.6 is 0 Å². The number of nitrogens with zero attached hydrogens (tertiary/aromatic N) is 2. The third kappa shape index (κ3) is 4.06. The fourth-order valence-electron chi connectivity index (χ4n) is 5.98. The molecule has 0 aromatic heterocycles. The highest BCUT2D eigenvalue weighted by molar-refractivity contribution is 4.94. The van der Waals surface area contributed by atoms with Gasteiger partial charge in [-0.1, -0.05) is 0 Å². The Morgan fingerprint density at radius 3 is 2.59 bits per heavy atom. The van der Waals surface area contributed by atoms with E-state index in [0.29, 0.717) is 30.3 Å². The second-order valence-corrected chi connectivity index (χ2v) is 9.09. The molecule has 0 radical (unpaired) electrons. The normalized spacial score (nSPS) is 42.9. The van der Waals surface area contributed by atoms with Gasteiger partial charge in [0.15, 0.2) is 0 Å². The first-order valence-electron chi connectivity index (χ1n) is 11.4. The van der Waals surface area contributed by atoms with Crippen LogP contribution in [0.4, 0.5) is 0 Å². The highest BCUT2D eigenvalue weighted by Crippen LogP contribution is 2.31. The topological polar surface area (TPSA) is 61.0 Å². The van der Waals surface area contributed by atoms with Crippen LogP contribution in [0.2, 0.25) is 0 Å². The van der Waals surface area contributed by atoms with Crippen molar-refractivity contribution in [2.24, 2.45) is 5.92 Å². The van der Waals surface area contributed by atoms with Gasteiger partial charge < -0.3 is 10.1 Å². The van der Waals surface area contributed by atoms with E-state index in [4.69, 9.17) is 9.57 Å². The zero-order chi connectivity index (χ0) is 18.1. The van der Waals surface area contributed by atoms with Gasteiger partial charge in [-0.25, -0.2) is 0 Å². The summed E-state index contributed by atoms with van der Waals surface area (Å²) in [4.78, 5) is 11.5. The summed E-state index contributed by atoms with van der Waals surface area (Å²) in [6, 6.07) is 1.18. The predicted octanol–water partition coefficient (Wildman–Crippen LogP) is 0.828. The number of likely N-dealkylation sites (tertiary alicyclic amines) is 2. The summed E-state index contributed by atoms with van der Waals surface area (Å²) >= 11 is 0. The van der Waals surface area contributed by atoms with E-state index in [-0.39, 0.29) is 6.23 Å². The Hall–Kier alpha value is -0.280. The van der Waals surface area contributed by atoms with Crippen LogP contribution in [0.3, 0.4) is 0 Å². The molecule has 5 unspecified atom stereocenters. The van der Waals surface area contributed by atoms with E-state index in [2.05, 4.69) is 25.9 Å². The molecule has 5 aliphatic heterocycles. The van der Waals surface area contributed by atoms with Crippen LogP contribution in [-0.4, -0.2) is 79.8 Å². The van der Waals surface area contributed by atoms with Crippen LogP contribution in [0.25, 0.3) is 0 Å². The van der Waals surface area contributed by atoms with Gasteiger partial charge in [-0.3, -0.25) is 20.0 Å². The van der Waals surface area contributed by atoms with Gasteiger partial charge >= 0.3 is 0 Å². The molecule has 3 N–H and O–H groups in total. The van der Waals surface area contributed by atoms with Crippen LogP contribution in [0.1, 0.15) is 51.4 Å². The zero-order valence-electron chi connectivity index (χ0n) is 16.6. The maximum absolute atomic E-state index is 6.12. The number of hydrogen-bond acceptors (Lipinski definition) is 7. The maximum Gasteiger partial charge on any atom is 0.146 e. The Balaban J connectivity index is 1.17. The molecule has 0 aromatic carbocycles. The van der Waals surface area contributed by atoms with Crippen molar-refractivity contribution in [3.8, 4) is 0 Å². The Bertz CT molecular complexity index is 483. The minimum atomic E-state index is 0.125. The van der Waals surface area contributed by atoms with Gasteiger partial charge in [0.05, 0.1) is 18.4 Å². The largest absolute Gasteiger partial charge is 0.381 e. The third-order valence-corrected chi connectivity index (χ3v) is 7.49. The van der Waals surface area contributed by atoms with Crippen molar-refractivity contribution in [2.45, 2.75) is 82.0 Å². The maximum atomic E-state index is 6.12. The average Bonchev–Trinajstić information content (AvgIpc) is 3.50. The minimum absolute atomic E-state index is 0.125. The lowest BCUT2D eigenvalue weighted by Gasteiger charge is -2.38. The van der Waals surface area contributed by atoms with E-state index in [9.17, 15) is 0 Å². The number of hydrogen-bond donors (Lipinski definition) is 3. The molecule has 0 aromatic rings. The molecule has 0 amide bonds. The second-order valence-electron chi connectivity index (χ2n) is 9.09. The number of piperidine rings is 1. The molecule has 5 saturated heterocycles. The molecule has 154 valence electrons. The Kier molecular flexibility index (Phi) is 5.97. The first-order valence-corrected chi connectivity index (χ1v) is 11.4. The molecule has 0 bridgehead atoms. The molecule has 7 nitrogen and oxygen atoms in total. The summed E-state index contributed by atoms with van der Waals surface area (Å²) in [5.74, 6) is 0.639. The molecule has 5 heterocycles. The molecule has 5 atom stereocenters. The van der Waals surface area contributed by atoms with Crippen molar-refractivity contribution < 1.29 is 9.57 Å². The molecule has 7 heteroatoms. The fourth-order valence-corrected chi connectivity index (χ4v) is 5.98. The lowest BCUT2D eigenvalue weighted by Crippen LogP contribution is -2.55. The molecule has 0 spiro atoms.